The van der Waals surface area contributed by atoms with Crippen LogP contribution in [0, 0.1) is 11.8 Å². The minimum Gasteiger partial charge on any atom is -0.311 e. The average molecular weight is 264 g/mol. The molecule has 1 unspecified atom stereocenters. The maximum absolute atomic E-state index is 3.90. The van der Waals surface area contributed by atoms with Gasteiger partial charge >= 0.3 is 0 Å². The summed E-state index contributed by atoms with van der Waals surface area (Å²) < 4.78 is 0. The van der Waals surface area contributed by atoms with E-state index in [0.717, 1.165) is 17.9 Å². The lowest BCUT2D eigenvalue weighted by Gasteiger charge is -2.49. The first-order valence-electron chi connectivity index (χ1n) is 8.68. The molecule has 3 rings (SSSR count). The third kappa shape index (κ3) is 3.16. The molecule has 0 amide bonds. The Balaban J connectivity index is 1.59. The Bertz CT molecular complexity index is 290. The van der Waals surface area contributed by atoms with Crippen molar-refractivity contribution in [2.24, 2.45) is 11.8 Å². The zero-order valence-corrected chi connectivity index (χ0v) is 13.0. The number of hydrogen-bond acceptors (Lipinski definition) is 2. The zero-order valence-electron chi connectivity index (χ0n) is 13.0. The molecule has 0 bridgehead atoms. The van der Waals surface area contributed by atoms with E-state index in [4.69, 9.17) is 0 Å². The predicted molar refractivity (Wildman–Crippen MR) is 81.4 cm³/mol. The Hall–Kier alpha value is -0.0800. The van der Waals surface area contributed by atoms with Crippen molar-refractivity contribution in [2.45, 2.75) is 76.8 Å². The highest BCUT2D eigenvalue weighted by atomic mass is 15.3. The van der Waals surface area contributed by atoms with E-state index in [1.807, 2.05) is 0 Å². The van der Waals surface area contributed by atoms with E-state index in [0.29, 0.717) is 5.54 Å². The standard InChI is InChI=1S/C17H32N2/c1-14(2)6-5-11-19-12-16(15-7-8-15)18-13-17(19)9-3-4-10-17/h14-16,18H,3-13H2,1-2H3. The maximum Gasteiger partial charge on any atom is 0.0334 e. The summed E-state index contributed by atoms with van der Waals surface area (Å²) in [6, 6.07) is 0.810. The Morgan fingerprint density at radius 1 is 1.21 bits per heavy atom. The summed E-state index contributed by atoms with van der Waals surface area (Å²) in [5, 5.41) is 3.90. The maximum atomic E-state index is 3.90. The molecular formula is C17H32N2. The van der Waals surface area contributed by atoms with Gasteiger partial charge in [-0.1, -0.05) is 26.7 Å². The predicted octanol–water partition coefficient (Wildman–Crippen LogP) is 3.42. The van der Waals surface area contributed by atoms with Gasteiger partial charge in [0.05, 0.1) is 0 Å². The number of hydrogen-bond donors (Lipinski definition) is 1. The minimum absolute atomic E-state index is 0.544. The molecule has 0 aromatic carbocycles. The molecule has 19 heavy (non-hydrogen) atoms. The summed E-state index contributed by atoms with van der Waals surface area (Å²) >= 11 is 0. The van der Waals surface area contributed by atoms with Gasteiger partial charge in [-0.25, -0.2) is 0 Å². The van der Waals surface area contributed by atoms with Gasteiger partial charge in [-0.15, -0.1) is 0 Å². The molecule has 1 heterocycles. The summed E-state index contributed by atoms with van der Waals surface area (Å²) in [5.41, 5.74) is 0.544. The van der Waals surface area contributed by atoms with Crippen molar-refractivity contribution < 1.29 is 0 Å². The van der Waals surface area contributed by atoms with E-state index in [-0.39, 0.29) is 0 Å². The Kier molecular flexibility index (Phi) is 4.19. The highest BCUT2D eigenvalue weighted by Crippen LogP contribution is 2.41. The van der Waals surface area contributed by atoms with Gasteiger partial charge in [0.15, 0.2) is 0 Å². The van der Waals surface area contributed by atoms with Crippen LogP contribution in [-0.2, 0) is 0 Å². The van der Waals surface area contributed by atoms with Crippen molar-refractivity contribution in [3.8, 4) is 0 Å². The van der Waals surface area contributed by atoms with Gasteiger partial charge in [0.1, 0.15) is 0 Å². The molecule has 110 valence electrons. The summed E-state index contributed by atoms with van der Waals surface area (Å²) in [7, 11) is 0. The summed E-state index contributed by atoms with van der Waals surface area (Å²) in [4.78, 5) is 2.90. The first-order chi connectivity index (χ1) is 9.20. The molecule has 1 atom stereocenters. The van der Waals surface area contributed by atoms with Crippen LogP contribution in [0.5, 0.6) is 0 Å². The molecule has 1 saturated heterocycles. The Labute approximate surface area is 119 Å². The van der Waals surface area contributed by atoms with E-state index < -0.39 is 0 Å². The van der Waals surface area contributed by atoms with Gasteiger partial charge in [0, 0.05) is 24.7 Å². The fourth-order valence-corrected chi connectivity index (χ4v) is 4.29. The van der Waals surface area contributed by atoms with Crippen molar-refractivity contribution in [3.05, 3.63) is 0 Å². The largest absolute Gasteiger partial charge is 0.311 e. The molecule has 0 radical (unpaired) electrons. The lowest BCUT2D eigenvalue weighted by atomic mass is 9.89. The van der Waals surface area contributed by atoms with E-state index in [2.05, 4.69) is 24.1 Å². The van der Waals surface area contributed by atoms with Crippen molar-refractivity contribution in [1.82, 2.24) is 10.2 Å². The first kappa shape index (κ1) is 13.9. The van der Waals surface area contributed by atoms with Crippen LogP contribution in [0.2, 0.25) is 0 Å². The number of piperazine rings is 1. The van der Waals surface area contributed by atoms with E-state index >= 15 is 0 Å². The summed E-state index contributed by atoms with van der Waals surface area (Å²) in [6.07, 6.45) is 11.5. The average Bonchev–Trinajstić information content (AvgIpc) is 3.12. The van der Waals surface area contributed by atoms with Crippen molar-refractivity contribution >= 4 is 0 Å². The fraction of sp³-hybridized carbons (Fsp3) is 1.00. The quantitative estimate of drug-likeness (QED) is 0.818. The molecular weight excluding hydrogens is 232 g/mol. The lowest BCUT2D eigenvalue weighted by Crippen LogP contribution is -2.64. The lowest BCUT2D eigenvalue weighted by molar-refractivity contribution is 0.0362. The highest BCUT2D eigenvalue weighted by Gasteiger charge is 2.45. The molecule has 1 spiro atoms. The first-order valence-corrected chi connectivity index (χ1v) is 8.68. The van der Waals surface area contributed by atoms with Crippen LogP contribution in [0.15, 0.2) is 0 Å². The molecule has 2 nitrogen and oxygen atoms in total. The second-order valence-corrected chi connectivity index (χ2v) is 7.74. The minimum atomic E-state index is 0.544. The van der Waals surface area contributed by atoms with Gasteiger partial charge in [-0.2, -0.15) is 0 Å². The molecule has 2 saturated carbocycles. The molecule has 3 aliphatic rings. The van der Waals surface area contributed by atoms with Gasteiger partial charge in [0.25, 0.3) is 0 Å². The van der Waals surface area contributed by atoms with Gasteiger partial charge in [-0.3, -0.25) is 4.90 Å². The smallest absolute Gasteiger partial charge is 0.0334 e. The van der Waals surface area contributed by atoms with E-state index in [1.54, 1.807) is 0 Å². The zero-order chi connectivity index (χ0) is 13.3. The van der Waals surface area contributed by atoms with Crippen LogP contribution >= 0.6 is 0 Å². The monoisotopic (exact) mass is 264 g/mol. The van der Waals surface area contributed by atoms with Crippen LogP contribution in [0.25, 0.3) is 0 Å². The van der Waals surface area contributed by atoms with Crippen LogP contribution in [0.3, 0.4) is 0 Å². The fourth-order valence-electron chi connectivity index (χ4n) is 4.29. The second-order valence-electron chi connectivity index (χ2n) is 7.74. The second kappa shape index (κ2) is 5.73. The van der Waals surface area contributed by atoms with E-state index in [9.17, 15) is 0 Å². The molecule has 0 aromatic rings. The highest BCUT2D eigenvalue weighted by molar-refractivity contribution is 5.04. The number of nitrogens with zero attached hydrogens (tertiary/aromatic N) is 1. The van der Waals surface area contributed by atoms with Gasteiger partial charge in [-0.05, 0) is 56.9 Å². The van der Waals surface area contributed by atoms with Crippen molar-refractivity contribution in [2.75, 3.05) is 19.6 Å². The number of nitrogens with one attached hydrogen (secondary N) is 1. The van der Waals surface area contributed by atoms with Crippen LogP contribution in [-0.4, -0.2) is 36.1 Å². The molecule has 3 fully saturated rings. The molecule has 2 aliphatic carbocycles. The SMILES string of the molecule is CC(C)CCCN1CC(C2CC2)NCC12CCCC2. The summed E-state index contributed by atoms with van der Waals surface area (Å²) in [5.74, 6) is 1.87. The molecule has 1 N–H and O–H groups in total. The molecule has 2 heteroatoms. The third-order valence-corrected chi connectivity index (χ3v) is 5.72. The van der Waals surface area contributed by atoms with Crippen LogP contribution in [0.4, 0.5) is 0 Å². The van der Waals surface area contributed by atoms with Crippen molar-refractivity contribution in [1.29, 1.82) is 0 Å². The molecule has 1 aliphatic heterocycles. The van der Waals surface area contributed by atoms with Crippen LogP contribution in [0.1, 0.15) is 65.2 Å². The van der Waals surface area contributed by atoms with Gasteiger partial charge in [0.2, 0.25) is 0 Å². The normalized spacial score (nSPS) is 31.4. The Morgan fingerprint density at radius 2 is 1.95 bits per heavy atom. The van der Waals surface area contributed by atoms with Crippen LogP contribution < -0.4 is 5.32 Å². The van der Waals surface area contributed by atoms with Crippen molar-refractivity contribution in [3.63, 3.8) is 0 Å². The third-order valence-electron chi connectivity index (χ3n) is 5.72. The topological polar surface area (TPSA) is 15.3 Å². The Morgan fingerprint density at radius 3 is 2.58 bits per heavy atom. The van der Waals surface area contributed by atoms with E-state index in [1.165, 1.54) is 71.0 Å². The van der Waals surface area contributed by atoms with Gasteiger partial charge < -0.3 is 5.32 Å². The number of rotatable bonds is 5. The molecule has 0 aromatic heterocycles. The summed E-state index contributed by atoms with van der Waals surface area (Å²) in [6.45, 7) is 8.67.